The van der Waals surface area contributed by atoms with E-state index in [1.165, 1.54) is 25.1 Å². The zero-order valence-electron chi connectivity index (χ0n) is 21.4. The predicted molar refractivity (Wildman–Crippen MR) is 138 cm³/mol. The highest BCUT2D eigenvalue weighted by molar-refractivity contribution is 7.90. The summed E-state index contributed by atoms with van der Waals surface area (Å²) in [6.45, 7) is 1.14. The minimum atomic E-state index is -4.78. The number of aryl methyl sites for hydroxylation is 1. The molecule has 40 heavy (non-hydrogen) atoms. The highest BCUT2D eigenvalue weighted by Gasteiger charge is 2.43. The summed E-state index contributed by atoms with van der Waals surface area (Å²) in [6, 6.07) is 12.6. The molecule has 1 aliphatic rings. The number of alkyl halides is 3. The molecular weight excluding hydrogens is 551 g/mol. The van der Waals surface area contributed by atoms with Crippen LogP contribution in [0.1, 0.15) is 29.2 Å². The van der Waals surface area contributed by atoms with E-state index in [9.17, 15) is 31.5 Å². The normalized spacial score (nSPS) is 14.8. The lowest BCUT2D eigenvalue weighted by atomic mass is 9.84. The summed E-state index contributed by atoms with van der Waals surface area (Å²) < 4.78 is 75.8. The maximum atomic E-state index is 14.2. The molecule has 0 unspecified atom stereocenters. The van der Waals surface area contributed by atoms with Crippen LogP contribution >= 0.6 is 0 Å². The Labute approximate surface area is 226 Å². The fourth-order valence-electron chi connectivity index (χ4n) is 4.68. The number of carbonyl (C=O) groups excluding carboxylic acids is 1. The Bertz CT molecular complexity index is 1690. The van der Waals surface area contributed by atoms with Gasteiger partial charge >= 0.3 is 6.18 Å². The summed E-state index contributed by atoms with van der Waals surface area (Å²) >= 11 is 0. The summed E-state index contributed by atoms with van der Waals surface area (Å²) in [7, 11) is -3.30. The quantitative estimate of drug-likeness (QED) is 0.336. The van der Waals surface area contributed by atoms with E-state index in [2.05, 4.69) is 15.6 Å². The lowest BCUT2D eigenvalue weighted by Crippen LogP contribution is -2.43. The van der Waals surface area contributed by atoms with Gasteiger partial charge in [0.25, 0.3) is 5.91 Å². The van der Waals surface area contributed by atoms with Crippen molar-refractivity contribution in [1.29, 1.82) is 0 Å². The number of carbonyl (C=O) groups is 1. The van der Waals surface area contributed by atoms with Crippen LogP contribution in [-0.2, 0) is 39.3 Å². The third kappa shape index (κ3) is 5.13. The highest BCUT2D eigenvalue weighted by atomic mass is 32.2. The molecule has 0 saturated carbocycles. The Kier molecular flexibility index (Phi) is 6.83. The molecule has 13 heteroatoms. The number of aromatic nitrogens is 2. The monoisotopic (exact) mass is 575 g/mol. The van der Waals surface area contributed by atoms with Gasteiger partial charge in [0.15, 0.2) is 22.8 Å². The summed E-state index contributed by atoms with van der Waals surface area (Å²) in [5.41, 5.74) is -0.987. The first-order chi connectivity index (χ1) is 18.8. The number of nitrogens with zero attached hydrogens (tertiary/aromatic N) is 2. The van der Waals surface area contributed by atoms with Gasteiger partial charge in [-0.1, -0.05) is 58.8 Å². The molecule has 5 rings (SSSR count). The molecule has 2 aromatic heterocycles. The molecule has 2 heterocycles. The van der Waals surface area contributed by atoms with Crippen molar-refractivity contribution in [3.63, 3.8) is 0 Å². The van der Waals surface area contributed by atoms with Crippen LogP contribution in [0.4, 0.5) is 13.2 Å². The third-order valence-corrected chi connectivity index (χ3v) is 7.73. The molecule has 2 aromatic carbocycles. The number of nitrogens with one attached hydrogen (secondary N) is 1. The van der Waals surface area contributed by atoms with Crippen molar-refractivity contribution in [2.75, 3.05) is 18.6 Å². The van der Waals surface area contributed by atoms with Crippen LogP contribution < -0.4 is 5.32 Å². The topological polar surface area (TPSA) is 136 Å². The summed E-state index contributed by atoms with van der Waals surface area (Å²) in [5, 5.41) is 21.1. The third-order valence-electron chi connectivity index (χ3n) is 6.78. The van der Waals surface area contributed by atoms with E-state index in [1.54, 1.807) is 30.3 Å². The van der Waals surface area contributed by atoms with Gasteiger partial charge in [0.1, 0.15) is 21.1 Å². The van der Waals surface area contributed by atoms with Crippen LogP contribution in [0.15, 0.2) is 57.6 Å². The van der Waals surface area contributed by atoms with Gasteiger partial charge in [-0.2, -0.15) is 13.2 Å². The molecule has 0 fully saturated rings. The highest BCUT2D eigenvalue weighted by Crippen LogP contribution is 2.46. The van der Waals surface area contributed by atoms with Gasteiger partial charge in [0, 0.05) is 29.5 Å². The lowest BCUT2D eigenvalue weighted by Gasteiger charge is -2.25. The molecule has 210 valence electrons. The SMILES string of the molecule is C[C@@](O)(C(=O)NCCS(C)(=O)=O)c1ccc2c(c1)CCc1c-2noc1-c1noc(-c2ccccc2)c1C(F)(F)F. The van der Waals surface area contributed by atoms with E-state index in [-0.39, 0.29) is 35.6 Å². The first-order valence-electron chi connectivity index (χ1n) is 12.2. The van der Waals surface area contributed by atoms with Crippen LogP contribution in [0.25, 0.3) is 34.0 Å². The zero-order chi connectivity index (χ0) is 28.9. The number of hydrogen-bond acceptors (Lipinski definition) is 8. The van der Waals surface area contributed by atoms with Crippen LogP contribution in [0.3, 0.4) is 0 Å². The lowest BCUT2D eigenvalue weighted by molar-refractivity contribution is -0.139. The van der Waals surface area contributed by atoms with Gasteiger partial charge in [-0.05, 0) is 30.9 Å². The van der Waals surface area contributed by atoms with E-state index in [0.29, 0.717) is 28.8 Å². The van der Waals surface area contributed by atoms with E-state index in [4.69, 9.17) is 9.05 Å². The Hall–Kier alpha value is -3.97. The molecular formula is C27H24F3N3O6S. The van der Waals surface area contributed by atoms with Gasteiger partial charge in [-0.15, -0.1) is 0 Å². The van der Waals surface area contributed by atoms with Crippen LogP contribution in [-0.4, -0.2) is 48.3 Å². The molecule has 0 spiro atoms. The molecule has 0 saturated heterocycles. The predicted octanol–water partition coefficient (Wildman–Crippen LogP) is 4.15. The Morgan fingerprint density at radius 1 is 1.02 bits per heavy atom. The Morgan fingerprint density at radius 3 is 2.38 bits per heavy atom. The number of fused-ring (bicyclic) bond motifs is 3. The second kappa shape index (κ2) is 9.89. The molecule has 1 aliphatic carbocycles. The molecule has 0 aliphatic heterocycles. The van der Waals surface area contributed by atoms with Gasteiger partial charge in [-0.3, -0.25) is 4.79 Å². The standard InChI is InChI=1S/C27H24F3N3O6S/c1-26(35,25(34)31-12-13-40(2,36)37)17-9-11-18-16(14-17)8-10-19-21(18)32-39-24(19)22-20(27(28,29)30)23(38-33-22)15-6-4-3-5-7-15/h3-7,9,11,14,35H,8,10,12-13H2,1-2H3,(H,31,34)/t26-/m0/s1. The van der Waals surface area contributed by atoms with Crippen molar-refractivity contribution in [3.05, 3.63) is 70.8 Å². The minimum absolute atomic E-state index is 0.139. The molecule has 4 aromatic rings. The maximum absolute atomic E-state index is 14.2. The molecule has 9 nitrogen and oxygen atoms in total. The largest absolute Gasteiger partial charge is 0.422 e. The number of sulfone groups is 1. The minimum Gasteiger partial charge on any atom is -0.376 e. The average Bonchev–Trinajstić information content (AvgIpc) is 3.52. The Morgan fingerprint density at radius 2 is 1.70 bits per heavy atom. The molecule has 2 N–H and O–H groups in total. The number of halogens is 3. The van der Waals surface area contributed by atoms with Crippen molar-refractivity contribution in [2.45, 2.75) is 31.5 Å². The Balaban J connectivity index is 1.48. The van der Waals surface area contributed by atoms with Crippen molar-refractivity contribution in [3.8, 4) is 34.0 Å². The van der Waals surface area contributed by atoms with E-state index in [1.807, 2.05) is 0 Å². The number of hydrogen-bond donors (Lipinski definition) is 2. The molecule has 0 bridgehead atoms. The van der Waals surface area contributed by atoms with E-state index >= 15 is 0 Å². The van der Waals surface area contributed by atoms with Crippen molar-refractivity contribution in [1.82, 2.24) is 15.6 Å². The van der Waals surface area contributed by atoms with Crippen molar-refractivity contribution < 1.29 is 40.5 Å². The van der Waals surface area contributed by atoms with Crippen LogP contribution in [0, 0.1) is 0 Å². The van der Waals surface area contributed by atoms with Crippen LogP contribution in [0.2, 0.25) is 0 Å². The summed E-state index contributed by atoms with van der Waals surface area (Å²) in [6.07, 6.45) is -3.12. The fraction of sp³-hybridized carbons (Fsp3) is 0.296. The van der Waals surface area contributed by atoms with Crippen molar-refractivity contribution >= 4 is 15.7 Å². The summed E-state index contributed by atoms with van der Waals surface area (Å²) in [4.78, 5) is 12.6. The second-order valence-corrected chi connectivity index (χ2v) is 12.0. The van der Waals surface area contributed by atoms with E-state index < -0.39 is 44.5 Å². The number of aliphatic hydroxyl groups is 1. The number of benzene rings is 2. The average molecular weight is 576 g/mol. The molecule has 0 radical (unpaired) electrons. The number of amides is 1. The van der Waals surface area contributed by atoms with Gasteiger partial charge in [0.2, 0.25) is 0 Å². The molecule has 1 atom stereocenters. The van der Waals surface area contributed by atoms with E-state index in [0.717, 1.165) is 6.26 Å². The van der Waals surface area contributed by atoms with Crippen molar-refractivity contribution in [2.24, 2.45) is 0 Å². The van der Waals surface area contributed by atoms with Crippen LogP contribution in [0.5, 0.6) is 0 Å². The first kappa shape index (κ1) is 27.6. The zero-order valence-corrected chi connectivity index (χ0v) is 22.2. The smallest absolute Gasteiger partial charge is 0.376 e. The van der Waals surface area contributed by atoms with Gasteiger partial charge in [-0.25, -0.2) is 8.42 Å². The first-order valence-corrected chi connectivity index (χ1v) is 14.3. The second-order valence-electron chi connectivity index (χ2n) is 9.77. The fourth-order valence-corrected chi connectivity index (χ4v) is 5.15. The number of rotatable bonds is 7. The maximum Gasteiger partial charge on any atom is 0.422 e. The van der Waals surface area contributed by atoms with Gasteiger partial charge < -0.3 is 19.5 Å². The molecule has 1 amide bonds. The summed E-state index contributed by atoms with van der Waals surface area (Å²) in [5.74, 6) is -1.60. The van der Waals surface area contributed by atoms with Gasteiger partial charge in [0.05, 0.1) is 5.75 Å².